The number of hydrogen-bond acceptors (Lipinski definition) is 3. The van der Waals surface area contributed by atoms with Gasteiger partial charge < -0.3 is 5.32 Å². The van der Waals surface area contributed by atoms with Crippen LogP contribution in [0.4, 0.5) is 13.2 Å². The molecule has 2 rings (SSSR count). The van der Waals surface area contributed by atoms with E-state index in [1.165, 1.54) is 6.07 Å². The summed E-state index contributed by atoms with van der Waals surface area (Å²) in [6, 6.07) is 3.63. The second-order valence-corrected chi connectivity index (χ2v) is 6.10. The summed E-state index contributed by atoms with van der Waals surface area (Å²) in [4.78, 5) is -0.683. The summed E-state index contributed by atoms with van der Waals surface area (Å²) >= 11 is 0. The summed E-state index contributed by atoms with van der Waals surface area (Å²) in [7, 11) is -5.25. The first-order chi connectivity index (χ1) is 8.32. The van der Waals surface area contributed by atoms with Crippen molar-refractivity contribution in [3.8, 4) is 0 Å². The fourth-order valence-electron chi connectivity index (χ4n) is 1.94. The van der Waals surface area contributed by atoms with Crippen molar-refractivity contribution in [3.63, 3.8) is 0 Å². The Hall–Kier alpha value is -1.08. The molecule has 7 heteroatoms. The molecule has 0 aromatic heterocycles. The van der Waals surface area contributed by atoms with Crippen LogP contribution in [0.2, 0.25) is 0 Å². The van der Waals surface area contributed by atoms with Crippen LogP contribution in [0.3, 0.4) is 0 Å². The molecule has 1 aliphatic rings. The number of alkyl halides is 3. The Bertz CT molecular complexity index is 552. The van der Waals surface area contributed by atoms with Gasteiger partial charge in [0.05, 0.1) is 4.90 Å². The molecule has 3 nitrogen and oxygen atoms in total. The molecule has 1 aromatic rings. The van der Waals surface area contributed by atoms with E-state index in [1.54, 1.807) is 0 Å². The van der Waals surface area contributed by atoms with E-state index < -0.39 is 20.2 Å². The molecule has 1 aliphatic heterocycles. The second-order valence-electron chi connectivity index (χ2n) is 4.16. The summed E-state index contributed by atoms with van der Waals surface area (Å²) in [5.74, 6) is 0. The van der Waals surface area contributed by atoms with Crippen LogP contribution >= 0.6 is 0 Å². The summed E-state index contributed by atoms with van der Waals surface area (Å²) in [6.07, 6.45) is 1.63. The highest BCUT2D eigenvalue weighted by atomic mass is 32.2. The Morgan fingerprint density at radius 1 is 1.17 bits per heavy atom. The number of aryl methyl sites for hydroxylation is 1. The quantitative estimate of drug-likeness (QED) is 0.855. The molecule has 0 saturated carbocycles. The highest BCUT2D eigenvalue weighted by Crippen LogP contribution is 2.31. The third-order valence-corrected chi connectivity index (χ3v) is 4.39. The van der Waals surface area contributed by atoms with Gasteiger partial charge in [-0.1, -0.05) is 6.07 Å². The fourth-order valence-corrected chi connectivity index (χ4v) is 2.75. The monoisotopic (exact) mass is 279 g/mol. The van der Waals surface area contributed by atoms with Crippen molar-refractivity contribution in [3.05, 3.63) is 29.3 Å². The first-order valence-corrected chi connectivity index (χ1v) is 6.94. The van der Waals surface area contributed by atoms with Crippen molar-refractivity contribution >= 4 is 9.84 Å². The third kappa shape index (κ3) is 2.37. The predicted octanol–water partition coefficient (Wildman–Crippen LogP) is 2.02. The van der Waals surface area contributed by atoms with Gasteiger partial charge in [-0.3, -0.25) is 0 Å². The highest BCUT2D eigenvalue weighted by Gasteiger charge is 2.46. The largest absolute Gasteiger partial charge is 0.501 e. The molecule has 100 valence electrons. The third-order valence-electron chi connectivity index (χ3n) is 2.91. The molecule has 0 bridgehead atoms. The number of benzene rings is 1. The smallest absolute Gasteiger partial charge is 0.313 e. The zero-order valence-electron chi connectivity index (χ0n) is 9.42. The molecule has 0 spiro atoms. The van der Waals surface area contributed by atoms with Crippen LogP contribution in [0, 0.1) is 0 Å². The van der Waals surface area contributed by atoms with E-state index >= 15 is 0 Å². The van der Waals surface area contributed by atoms with Crippen LogP contribution in [0.25, 0.3) is 0 Å². The topological polar surface area (TPSA) is 46.2 Å². The maximum absolute atomic E-state index is 12.4. The van der Waals surface area contributed by atoms with Gasteiger partial charge in [-0.05, 0) is 42.6 Å². The molecule has 1 N–H and O–H groups in total. The highest BCUT2D eigenvalue weighted by molar-refractivity contribution is 7.92. The van der Waals surface area contributed by atoms with E-state index in [0.29, 0.717) is 12.1 Å². The molecular formula is C11H12F3NO2S. The van der Waals surface area contributed by atoms with E-state index in [2.05, 4.69) is 5.32 Å². The van der Waals surface area contributed by atoms with Crippen molar-refractivity contribution in [1.82, 2.24) is 5.32 Å². The molecule has 0 fully saturated rings. The van der Waals surface area contributed by atoms with Crippen LogP contribution in [0.15, 0.2) is 23.1 Å². The molecule has 0 unspecified atom stereocenters. The minimum Gasteiger partial charge on any atom is -0.313 e. The standard InChI is InChI=1S/C11H12F3NO2S/c12-11(13,14)18(16,17)10-4-3-8-2-1-5-15-7-9(8)6-10/h3-4,6,15H,1-2,5,7H2. The van der Waals surface area contributed by atoms with Gasteiger partial charge in [0.2, 0.25) is 0 Å². The van der Waals surface area contributed by atoms with Gasteiger partial charge in [-0.2, -0.15) is 13.2 Å². The van der Waals surface area contributed by atoms with Gasteiger partial charge >= 0.3 is 5.51 Å². The number of halogens is 3. The SMILES string of the molecule is O=S(=O)(c1ccc2c(c1)CNCCC2)C(F)(F)F. The molecule has 0 saturated heterocycles. The lowest BCUT2D eigenvalue weighted by atomic mass is 10.0. The van der Waals surface area contributed by atoms with Gasteiger partial charge in [0.1, 0.15) is 0 Å². The maximum Gasteiger partial charge on any atom is 0.501 e. The van der Waals surface area contributed by atoms with Crippen LogP contribution in [-0.2, 0) is 22.8 Å². The predicted molar refractivity (Wildman–Crippen MR) is 59.7 cm³/mol. The first kappa shape index (κ1) is 13.4. The zero-order valence-corrected chi connectivity index (χ0v) is 10.2. The van der Waals surface area contributed by atoms with Crippen LogP contribution in [0.1, 0.15) is 17.5 Å². The van der Waals surface area contributed by atoms with Gasteiger partial charge in [0.15, 0.2) is 0 Å². The average Bonchev–Trinajstić information content (AvgIpc) is 2.51. The van der Waals surface area contributed by atoms with Gasteiger partial charge in [-0.25, -0.2) is 8.42 Å². The van der Waals surface area contributed by atoms with Gasteiger partial charge in [0.25, 0.3) is 9.84 Å². The van der Waals surface area contributed by atoms with E-state index in [9.17, 15) is 21.6 Å². The second kappa shape index (κ2) is 4.55. The van der Waals surface area contributed by atoms with E-state index in [4.69, 9.17) is 0 Å². The number of rotatable bonds is 1. The van der Waals surface area contributed by atoms with Gasteiger partial charge in [0, 0.05) is 6.54 Å². The van der Waals surface area contributed by atoms with Crippen molar-refractivity contribution in [2.24, 2.45) is 0 Å². The molecule has 0 amide bonds. The molecule has 0 aliphatic carbocycles. The summed E-state index contributed by atoms with van der Waals surface area (Å²) < 4.78 is 59.8. The van der Waals surface area contributed by atoms with Gasteiger partial charge in [-0.15, -0.1) is 0 Å². The van der Waals surface area contributed by atoms with Crippen molar-refractivity contribution in [2.45, 2.75) is 29.8 Å². The van der Waals surface area contributed by atoms with E-state index in [0.717, 1.165) is 37.1 Å². The summed E-state index contributed by atoms with van der Waals surface area (Å²) in [5.41, 5.74) is -3.72. The lowest BCUT2D eigenvalue weighted by Gasteiger charge is -2.11. The number of nitrogens with one attached hydrogen (secondary N) is 1. The minimum atomic E-state index is -5.25. The lowest BCUT2D eigenvalue weighted by Crippen LogP contribution is -2.23. The molecule has 0 atom stereocenters. The average molecular weight is 279 g/mol. The van der Waals surface area contributed by atoms with E-state index in [1.807, 2.05) is 0 Å². The molecular weight excluding hydrogens is 267 g/mol. The molecule has 1 aromatic carbocycles. The van der Waals surface area contributed by atoms with E-state index in [-0.39, 0.29) is 0 Å². The number of sulfone groups is 1. The minimum absolute atomic E-state index is 0.399. The zero-order chi connectivity index (χ0) is 13.4. The normalized spacial score (nSPS) is 17.1. The van der Waals surface area contributed by atoms with Crippen molar-refractivity contribution in [1.29, 1.82) is 0 Å². The summed E-state index contributed by atoms with van der Waals surface area (Å²) in [5, 5.41) is 3.04. The molecule has 1 heterocycles. The number of hydrogen-bond donors (Lipinski definition) is 1. The Labute approximate surface area is 103 Å². The Morgan fingerprint density at radius 2 is 1.89 bits per heavy atom. The molecule has 18 heavy (non-hydrogen) atoms. The number of fused-ring (bicyclic) bond motifs is 1. The molecule has 0 radical (unpaired) electrons. The Morgan fingerprint density at radius 3 is 2.56 bits per heavy atom. The van der Waals surface area contributed by atoms with Crippen molar-refractivity contribution in [2.75, 3.05) is 6.54 Å². The van der Waals surface area contributed by atoms with Crippen LogP contribution in [-0.4, -0.2) is 20.5 Å². The van der Waals surface area contributed by atoms with Crippen LogP contribution in [0.5, 0.6) is 0 Å². The Balaban J connectivity index is 2.46. The Kier molecular flexibility index (Phi) is 3.37. The van der Waals surface area contributed by atoms with Crippen molar-refractivity contribution < 1.29 is 21.6 Å². The summed E-state index contributed by atoms with van der Waals surface area (Å²) in [6.45, 7) is 1.17. The first-order valence-electron chi connectivity index (χ1n) is 5.46. The fraction of sp³-hybridized carbons (Fsp3) is 0.455. The van der Waals surface area contributed by atoms with Crippen LogP contribution < -0.4 is 5.32 Å². The maximum atomic E-state index is 12.4. The lowest BCUT2D eigenvalue weighted by molar-refractivity contribution is -0.0436.